The van der Waals surface area contributed by atoms with Crippen molar-refractivity contribution in [2.75, 3.05) is 0 Å². The molecule has 49 heavy (non-hydrogen) atoms. The second-order valence-electron chi connectivity index (χ2n) is 12.8. The number of thiophene rings is 1. The molecule has 0 saturated carbocycles. The van der Waals surface area contributed by atoms with E-state index in [-0.39, 0.29) is 0 Å². The van der Waals surface area contributed by atoms with E-state index in [1.807, 2.05) is 29.5 Å². The number of hydrogen-bond acceptors (Lipinski definition) is 3. The first kappa shape index (κ1) is 26.9. The maximum atomic E-state index is 6.83. The highest BCUT2D eigenvalue weighted by Crippen LogP contribution is 2.49. The summed E-state index contributed by atoms with van der Waals surface area (Å²) in [6.07, 6.45) is 0. The molecule has 0 aliphatic rings. The van der Waals surface area contributed by atoms with Crippen molar-refractivity contribution < 1.29 is 8.83 Å². The van der Waals surface area contributed by atoms with E-state index in [4.69, 9.17) is 8.83 Å². The quantitative estimate of drug-likeness (QED) is 0.179. The Morgan fingerprint density at radius 2 is 0.980 bits per heavy atom. The van der Waals surface area contributed by atoms with Crippen LogP contribution < -0.4 is 0 Å². The zero-order valence-corrected chi connectivity index (χ0v) is 27.1. The zero-order chi connectivity index (χ0) is 32.1. The van der Waals surface area contributed by atoms with Gasteiger partial charge in [-0.1, -0.05) is 133 Å². The normalized spacial score (nSPS) is 12.1. The Morgan fingerprint density at radius 3 is 1.71 bits per heavy atom. The molecule has 0 fully saturated rings. The predicted molar refractivity (Wildman–Crippen MR) is 208 cm³/mol. The Balaban J connectivity index is 1.19. The van der Waals surface area contributed by atoms with E-state index in [1.165, 1.54) is 58.4 Å². The molecule has 0 N–H and O–H groups in total. The van der Waals surface area contributed by atoms with Crippen molar-refractivity contribution in [3.05, 3.63) is 158 Å². The van der Waals surface area contributed by atoms with Gasteiger partial charge < -0.3 is 8.83 Å². The van der Waals surface area contributed by atoms with Gasteiger partial charge in [-0.3, -0.25) is 0 Å². The molecule has 2 nitrogen and oxygen atoms in total. The van der Waals surface area contributed by atoms with E-state index >= 15 is 0 Å². The van der Waals surface area contributed by atoms with Gasteiger partial charge in [0.1, 0.15) is 22.5 Å². The predicted octanol–water partition coefficient (Wildman–Crippen LogP) is 14.0. The van der Waals surface area contributed by atoms with Gasteiger partial charge >= 0.3 is 0 Å². The summed E-state index contributed by atoms with van der Waals surface area (Å²) in [6, 6.07) is 56.4. The standard InChI is InChI=1S/C46H26O2S/c1-2-12-27(13-3-1)39-24-28-25-41-38(26-40(28)47-39)34-19-10-21-36(45(34)48-41)43-30-15-4-6-17-32(30)44(33-18-7-5-16-31(33)43)37-22-11-20-35-29-14-8-9-23-42(29)49-46(35)37/h1-26H. The van der Waals surface area contributed by atoms with Crippen molar-refractivity contribution in [3.8, 4) is 33.6 Å². The van der Waals surface area contributed by atoms with Gasteiger partial charge in [0.25, 0.3) is 0 Å². The van der Waals surface area contributed by atoms with Crippen LogP contribution in [-0.2, 0) is 0 Å². The van der Waals surface area contributed by atoms with E-state index in [0.29, 0.717) is 0 Å². The van der Waals surface area contributed by atoms with Crippen LogP contribution in [0.5, 0.6) is 0 Å². The maximum absolute atomic E-state index is 6.83. The summed E-state index contributed by atoms with van der Waals surface area (Å²) in [5, 5.41) is 10.7. The molecule has 0 spiro atoms. The third kappa shape index (κ3) is 3.88. The van der Waals surface area contributed by atoms with Crippen molar-refractivity contribution in [3.63, 3.8) is 0 Å². The molecule has 0 bridgehead atoms. The Kier molecular flexibility index (Phi) is 5.57. The molecule has 11 aromatic rings. The fourth-order valence-electron chi connectivity index (χ4n) is 7.92. The summed E-state index contributed by atoms with van der Waals surface area (Å²) in [4.78, 5) is 0. The lowest BCUT2D eigenvalue weighted by Gasteiger charge is -2.18. The van der Waals surface area contributed by atoms with Gasteiger partial charge in [-0.15, -0.1) is 11.3 Å². The number of hydrogen-bond donors (Lipinski definition) is 0. The first-order valence-electron chi connectivity index (χ1n) is 16.6. The lowest BCUT2D eigenvalue weighted by molar-refractivity contribution is 0.631. The van der Waals surface area contributed by atoms with Crippen LogP contribution in [0.2, 0.25) is 0 Å². The van der Waals surface area contributed by atoms with Crippen LogP contribution in [0.15, 0.2) is 167 Å². The average molecular weight is 643 g/mol. The highest BCUT2D eigenvalue weighted by atomic mass is 32.1. The molecule has 3 heteroatoms. The molecule has 3 aromatic heterocycles. The summed E-state index contributed by atoms with van der Waals surface area (Å²) in [5.41, 5.74) is 8.51. The lowest BCUT2D eigenvalue weighted by Crippen LogP contribution is -1.91. The monoisotopic (exact) mass is 642 g/mol. The second kappa shape index (κ2) is 10.2. The van der Waals surface area contributed by atoms with Crippen LogP contribution in [0.4, 0.5) is 0 Å². The van der Waals surface area contributed by atoms with Gasteiger partial charge in [-0.25, -0.2) is 0 Å². The summed E-state index contributed by atoms with van der Waals surface area (Å²) in [5.74, 6) is 0.859. The van der Waals surface area contributed by atoms with E-state index in [9.17, 15) is 0 Å². The maximum Gasteiger partial charge on any atom is 0.143 e. The van der Waals surface area contributed by atoms with Crippen molar-refractivity contribution in [2.45, 2.75) is 0 Å². The number of furan rings is 2. The summed E-state index contributed by atoms with van der Waals surface area (Å²) in [6.45, 7) is 0. The van der Waals surface area contributed by atoms with E-state index < -0.39 is 0 Å². The summed E-state index contributed by atoms with van der Waals surface area (Å²) >= 11 is 1.88. The minimum atomic E-state index is 0.857. The van der Waals surface area contributed by atoms with Crippen molar-refractivity contribution >= 4 is 86.0 Å². The Labute approximate surface area is 285 Å². The van der Waals surface area contributed by atoms with Gasteiger partial charge in [-0.05, 0) is 51.4 Å². The average Bonchev–Trinajstić information content (AvgIpc) is 3.86. The molecule has 228 valence electrons. The van der Waals surface area contributed by atoms with Gasteiger partial charge in [0.2, 0.25) is 0 Å². The first-order chi connectivity index (χ1) is 24.3. The fourth-order valence-corrected chi connectivity index (χ4v) is 9.15. The third-order valence-electron chi connectivity index (χ3n) is 10.1. The molecule has 8 aromatic carbocycles. The van der Waals surface area contributed by atoms with Crippen LogP contribution in [0.1, 0.15) is 0 Å². The molecule has 3 heterocycles. The number of benzene rings is 8. The third-order valence-corrected chi connectivity index (χ3v) is 11.3. The Morgan fingerprint density at radius 1 is 0.388 bits per heavy atom. The second-order valence-corrected chi connectivity index (χ2v) is 13.8. The van der Waals surface area contributed by atoms with Crippen LogP contribution >= 0.6 is 11.3 Å². The summed E-state index contributed by atoms with van der Waals surface area (Å²) in [7, 11) is 0. The van der Waals surface area contributed by atoms with Crippen molar-refractivity contribution in [1.29, 1.82) is 0 Å². The first-order valence-corrected chi connectivity index (χ1v) is 17.4. The molecule has 0 aliphatic carbocycles. The van der Waals surface area contributed by atoms with Crippen LogP contribution in [-0.4, -0.2) is 0 Å². The topological polar surface area (TPSA) is 26.3 Å². The Hall–Kier alpha value is -6.16. The molecular formula is C46H26O2S. The minimum absolute atomic E-state index is 0.857. The lowest BCUT2D eigenvalue weighted by atomic mass is 9.85. The van der Waals surface area contributed by atoms with Crippen molar-refractivity contribution in [1.82, 2.24) is 0 Å². The number of rotatable bonds is 3. The molecule has 0 amide bonds. The largest absolute Gasteiger partial charge is 0.456 e. The molecule has 0 unspecified atom stereocenters. The molecule has 0 aliphatic heterocycles. The van der Waals surface area contributed by atoms with Gasteiger partial charge in [0, 0.05) is 58.6 Å². The molecule has 0 atom stereocenters. The number of fused-ring (bicyclic) bond motifs is 9. The SMILES string of the molecule is c1ccc(-c2cc3cc4oc5c(-c6c7ccccc7c(-c7cccc8c7sc7ccccc78)c7ccccc67)cccc5c4cc3o2)cc1. The molecule has 11 rings (SSSR count). The van der Waals surface area contributed by atoms with E-state index in [1.54, 1.807) is 0 Å². The van der Waals surface area contributed by atoms with E-state index in [2.05, 4.69) is 140 Å². The van der Waals surface area contributed by atoms with Gasteiger partial charge in [0.15, 0.2) is 0 Å². The molecule has 0 saturated heterocycles. The number of para-hydroxylation sites is 1. The highest BCUT2D eigenvalue weighted by Gasteiger charge is 2.22. The zero-order valence-electron chi connectivity index (χ0n) is 26.2. The summed E-state index contributed by atoms with van der Waals surface area (Å²) < 4.78 is 15.8. The van der Waals surface area contributed by atoms with Crippen LogP contribution in [0.25, 0.3) is 108 Å². The van der Waals surface area contributed by atoms with E-state index in [0.717, 1.165) is 49.8 Å². The Bertz CT molecular complexity index is 3050. The highest BCUT2D eigenvalue weighted by molar-refractivity contribution is 7.26. The molecule has 0 radical (unpaired) electrons. The van der Waals surface area contributed by atoms with Crippen molar-refractivity contribution in [2.24, 2.45) is 0 Å². The van der Waals surface area contributed by atoms with Gasteiger partial charge in [0.05, 0.1) is 0 Å². The smallest absolute Gasteiger partial charge is 0.143 e. The van der Waals surface area contributed by atoms with Crippen LogP contribution in [0, 0.1) is 0 Å². The van der Waals surface area contributed by atoms with Gasteiger partial charge in [-0.2, -0.15) is 0 Å². The molecular weight excluding hydrogens is 617 g/mol. The minimum Gasteiger partial charge on any atom is -0.456 e. The fraction of sp³-hybridized carbons (Fsp3) is 0. The van der Waals surface area contributed by atoms with Crippen LogP contribution in [0.3, 0.4) is 0 Å².